The summed E-state index contributed by atoms with van der Waals surface area (Å²) in [6, 6.07) is 17.7. The molecule has 44 heavy (non-hydrogen) atoms. The van der Waals surface area contributed by atoms with E-state index in [-0.39, 0.29) is 43.2 Å². The molecule has 0 fully saturated rings. The van der Waals surface area contributed by atoms with Crippen molar-refractivity contribution in [2.75, 3.05) is 33.4 Å². The molecule has 0 saturated carbocycles. The second-order valence-electron chi connectivity index (χ2n) is 10.0. The first-order valence-electron chi connectivity index (χ1n) is 14.2. The molecule has 0 aliphatic carbocycles. The summed E-state index contributed by atoms with van der Waals surface area (Å²) in [7, 11) is 1.58. The Kier molecular flexibility index (Phi) is 11.4. The van der Waals surface area contributed by atoms with Gasteiger partial charge >= 0.3 is 0 Å². The van der Waals surface area contributed by atoms with Crippen LogP contribution in [-0.2, 0) is 20.8 Å². The number of carbonyl (C=O) groups excluding carboxylic acids is 4. The van der Waals surface area contributed by atoms with Gasteiger partial charge in [0.15, 0.2) is 0 Å². The molecule has 232 valence electrons. The Labute approximate surface area is 255 Å². The lowest BCUT2D eigenvalue weighted by Gasteiger charge is -2.23. The van der Waals surface area contributed by atoms with Crippen LogP contribution in [0.1, 0.15) is 28.8 Å². The van der Waals surface area contributed by atoms with Gasteiger partial charge in [0.2, 0.25) is 17.7 Å². The maximum atomic E-state index is 13.2. The molecule has 0 radical (unpaired) electrons. The predicted octanol–water partition coefficient (Wildman–Crippen LogP) is 1.71. The first-order chi connectivity index (χ1) is 21.3. The van der Waals surface area contributed by atoms with E-state index in [1.54, 1.807) is 67.8 Å². The van der Waals surface area contributed by atoms with E-state index in [2.05, 4.69) is 21.3 Å². The maximum absolute atomic E-state index is 13.2. The molecule has 2 atom stereocenters. The number of ether oxygens (including phenoxy) is 3. The fourth-order valence-corrected chi connectivity index (χ4v) is 4.47. The lowest BCUT2D eigenvalue weighted by atomic mass is 10.0. The normalized spacial score (nSPS) is 17.4. The van der Waals surface area contributed by atoms with Gasteiger partial charge in [0.25, 0.3) is 5.91 Å². The Balaban J connectivity index is 1.44. The van der Waals surface area contributed by atoms with E-state index in [1.807, 2.05) is 0 Å². The zero-order valence-corrected chi connectivity index (χ0v) is 24.3. The number of phenols is 1. The second kappa shape index (κ2) is 15.8. The Morgan fingerprint density at radius 3 is 2.45 bits per heavy atom. The minimum absolute atomic E-state index is 0.0679. The fourth-order valence-electron chi connectivity index (χ4n) is 4.47. The van der Waals surface area contributed by atoms with E-state index in [0.29, 0.717) is 30.1 Å². The summed E-state index contributed by atoms with van der Waals surface area (Å²) in [5.74, 6) is -0.491. The Morgan fingerprint density at radius 2 is 1.70 bits per heavy atom. The number of nitrogens with one attached hydrogen (secondary N) is 4. The molecule has 12 heteroatoms. The van der Waals surface area contributed by atoms with Gasteiger partial charge in [-0.15, -0.1) is 0 Å². The molecule has 0 bridgehead atoms. The van der Waals surface area contributed by atoms with Crippen LogP contribution in [0.2, 0.25) is 0 Å². The number of fused-ring (bicyclic) bond motifs is 1. The van der Waals surface area contributed by atoms with Crippen LogP contribution in [0.15, 0.2) is 72.8 Å². The minimum Gasteiger partial charge on any atom is -0.508 e. The zero-order valence-electron chi connectivity index (χ0n) is 24.3. The number of para-hydroxylation sites is 1. The minimum atomic E-state index is -1.24. The number of amides is 4. The standard InChI is InChI=1S/C32H36N4O8/c1-42-23-11-13-24(14-12-23)43-17-4-15-33-32(41)27-20-29(38)35-26(19-21-7-9-22(37)10-8-21)31(40)34-16-18-44-28-6-3-2-5-25(28)30(39)36-27/h2-3,5-14,26-27,37H,4,15-20H2,1H3,(H,33,41)(H,34,40)(H,35,38)(H,36,39)/t26-,27-/m0/s1. The largest absolute Gasteiger partial charge is 0.508 e. The lowest BCUT2D eigenvalue weighted by Crippen LogP contribution is -2.53. The van der Waals surface area contributed by atoms with Crippen LogP contribution in [0.4, 0.5) is 0 Å². The molecule has 0 aromatic heterocycles. The van der Waals surface area contributed by atoms with E-state index >= 15 is 0 Å². The van der Waals surface area contributed by atoms with Crippen molar-refractivity contribution >= 4 is 23.6 Å². The quantitative estimate of drug-likeness (QED) is 0.231. The highest BCUT2D eigenvalue weighted by atomic mass is 16.5. The van der Waals surface area contributed by atoms with Gasteiger partial charge in [-0.1, -0.05) is 24.3 Å². The molecule has 12 nitrogen and oxygen atoms in total. The highest BCUT2D eigenvalue weighted by Crippen LogP contribution is 2.19. The van der Waals surface area contributed by atoms with E-state index in [9.17, 15) is 24.3 Å². The van der Waals surface area contributed by atoms with E-state index in [4.69, 9.17) is 14.2 Å². The van der Waals surface area contributed by atoms with Gasteiger partial charge in [0.05, 0.1) is 32.2 Å². The van der Waals surface area contributed by atoms with Gasteiger partial charge < -0.3 is 40.6 Å². The Morgan fingerprint density at radius 1 is 0.977 bits per heavy atom. The summed E-state index contributed by atoms with van der Waals surface area (Å²) in [4.78, 5) is 52.7. The van der Waals surface area contributed by atoms with Crippen LogP contribution in [0.25, 0.3) is 0 Å². The van der Waals surface area contributed by atoms with Gasteiger partial charge in [-0.25, -0.2) is 0 Å². The number of carbonyl (C=O) groups is 4. The molecule has 4 rings (SSSR count). The third-order valence-electron chi connectivity index (χ3n) is 6.78. The molecular formula is C32H36N4O8. The number of methoxy groups -OCH3 is 1. The summed E-state index contributed by atoms with van der Waals surface area (Å²) < 4.78 is 16.6. The first kappa shape index (κ1) is 31.7. The van der Waals surface area contributed by atoms with Crippen LogP contribution in [0.3, 0.4) is 0 Å². The van der Waals surface area contributed by atoms with Crippen molar-refractivity contribution in [2.45, 2.75) is 31.3 Å². The van der Waals surface area contributed by atoms with Gasteiger partial charge in [0, 0.05) is 13.0 Å². The zero-order chi connectivity index (χ0) is 31.3. The number of rotatable bonds is 9. The van der Waals surface area contributed by atoms with Gasteiger partial charge in [-0.3, -0.25) is 19.2 Å². The molecular weight excluding hydrogens is 568 g/mol. The van der Waals surface area contributed by atoms with Crippen LogP contribution in [0.5, 0.6) is 23.0 Å². The Hall–Kier alpha value is -5.26. The maximum Gasteiger partial charge on any atom is 0.255 e. The SMILES string of the molecule is COc1ccc(OCCCNC(=O)[C@@H]2CC(=O)N[C@@H](Cc3ccc(O)cc3)C(=O)NCCOc3ccccc3C(=O)N2)cc1. The fraction of sp³-hybridized carbons (Fsp3) is 0.312. The van der Waals surface area contributed by atoms with Gasteiger partial charge in [-0.2, -0.15) is 0 Å². The van der Waals surface area contributed by atoms with Crippen molar-refractivity contribution in [3.63, 3.8) is 0 Å². The van der Waals surface area contributed by atoms with Crippen LogP contribution in [0, 0.1) is 0 Å². The third-order valence-corrected chi connectivity index (χ3v) is 6.78. The molecule has 1 aliphatic heterocycles. The summed E-state index contributed by atoms with van der Waals surface area (Å²) >= 11 is 0. The highest BCUT2D eigenvalue weighted by Gasteiger charge is 2.28. The second-order valence-corrected chi connectivity index (χ2v) is 10.0. The number of aromatic hydroxyl groups is 1. The average Bonchev–Trinajstić information content (AvgIpc) is 3.03. The molecule has 1 aliphatic rings. The molecule has 0 unspecified atom stereocenters. The first-order valence-corrected chi connectivity index (χ1v) is 14.2. The number of benzene rings is 3. The average molecular weight is 605 g/mol. The van der Waals surface area contributed by atoms with Gasteiger partial charge in [-0.05, 0) is 60.5 Å². The number of hydrogen-bond donors (Lipinski definition) is 5. The molecule has 1 heterocycles. The lowest BCUT2D eigenvalue weighted by molar-refractivity contribution is -0.131. The van der Waals surface area contributed by atoms with Crippen LogP contribution < -0.4 is 35.5 Å². The molecule has 5 N–H and O–H groups in total. The van der Waals surface area contributed by atoms with Crippen molar-refractivity contribution < 1.29 is 38.5 Å². The molecule has 0 spiro atoms. The van der Waals surface area contributed by atoms with Crippen molar-refractivity contribution in [1.29, 1.82) is 0 Å². The summed E-state index contributed by atoms with van der Waals surface area (Å²) in [5, 5.41) is 20.4. The van der Waals surface area contributed by atoms with Crippen molar-refractivity contribution in [1.82, 2.24) is 21.3 Å². The van der Waals surface area contributed by atoms with E-state index < -0.39 is 42.1 Å². The highest BCUT2D eigenvalue weighted by molar-refractivity contribution is 6.01. The van der Waals surface area contributed by atoms with E-state index in [0.717, 1.165) is 0 Å². The van der Waals surface area contributed by atoms with Crippen molar-refractivity contribution in [3.8, 4) is 23.0 Å². The molecule has 4 amide bonds. The Bertz CT molecular complexity index is 1430. The van der Waals surface area contributed by atoms with Crippen LogP contribution >= 0.6 is 0 Å². The molecule has 3 aromatic rings. The number of hydrogen-bond acceptors (Lipinski definition) is 8. The number of phenolic OH excluding ortho intramolecular Hbond substituents is 1. The third kappa shape index (κ3) is 9.38. The smallest absolute Gasteiger partial charge is 0.255 e. The summed E-state index contributed by atoms with van der Waals surface area (Å²) in [5.41, 5.74) is 0.890. The predicted molar refractivity (Wildman–Crippen MR) is 161 cm³/mol. The van der Waals surface area contributed by atoms with Gasteiger partial charge in [0.1, 0.15) is 41.7 Å². The summed E-state index contributed by atoms with van der Waals surface area (Å²) in [6.45, 7) is 0.750. The van der Waals surface area contributed by atoms with Crippen molar-refractivity contribution in [3.05, 3.63) is 83.9 Å². The molecule has 0 saturated heterocycles. The molecule has 3 aromatic carbocycles. The monoisotopic (exact) mass is 604 g/mol. The van der Waals surface area contributed by atoms with E-state index in [1.165, 1.54) is 12.1 Å². The summed E-state index contributed by atoms with van der Waals surface area (Å²) in [6.07, 6.45) is 0.192. The van der Waals surface area contributed by atoms with Crippen LogP contribution in [-0.4, -0.2) is 74.2 Å². The van der Waals surface area contributed by atoms with Crippen molar-refractivity contribution in [2.24, 2.45) is 0 Å². The topological polar surface area (TPSA) is 164 Å².